The summed E-state index contributed by atoms with van der Waals surface area (Å²) >= 11 is 0. The zero-order valence-electron chi connectivity index (χ0n) is 9.51. The molecule has 15 heavy (non-hydrogen) atoms. The molecule has 0 rings (SSSR count). The SMILES string of the molecule is CC(C)C(C)OC(=O)C[C@@H](C)ON(O)O. The highest BCUT2D eigenvalue weighted by molar-refractivity contribution is 5.70. The Hall–Kier alpha value is -0.690. The third-order valence-electron chi connectivity index (χ3n) is 1.98. The molecule has 0 heterocycles. The topological polar surface area (TPSA) is 79.2 Å². The lowest BCUT2D eigenvalue weighted by Gasteiger charge is -2.18. The Morgan fingerprint density at radius 1 is 1.27 bits per heavy atom. The van der Waals surface area contributed by atoms with Crippen molar-refractivity contribution in [2.45, 2.75) is 46.3 Å². The summed E-state index contributed by atoms with van der Waals surface area (Å²) in [4.78, 5) is 15.7. The fourth-order valence-electron chi connectivity index (χ4n) is 0.824. The van der Waals surface area contributed by atoms with Crippen LogP contribution in [0.25, 0.3) is 0 Å². The average molecular weight is 221 g/mol. The Morgan fingerprint density at radius 3 is 2.20 bits per heavy atom. The van der Waals surface area contributed by atoms with E-state index in [0.717, 1.165) is 0 Å². The van der Waals surface area contributed by atoms with Crippen LogP contribution in [0.1, 0.15) is 34.1 Å². The summed E-state index contributed by atoms with van der Waals surface area (Å²) in [7, 11) is 0. The maximum absolute atomic E-state index is 11.3. The second-order valence-electron chi connectivity index (χ2n) is 3.81. The molecule has 0 bridgehead atoms. The second-order valence-corrected chi connectivity index (χ2v) is 3.81. The van der Waals surface area contributed by atoms with Gasteiger partial charge in [0.05, 0.1) is 17.9 Å². The second kappa shape index (κ2) is 6.73. The van der Waals surface area contributed by atoms with E-state index in [9.17, 15) is 4.79 Å². The van der Waals surface area contributed by atoms with E-state index in [-0.39, 0.29) is 18.4 Å². The van der Waals surface area contributed by atoms with E-state index in [4.69, 9.17) is 15.2 Å². The van der Waals surface area contributed by atoms with Gasteiger partial charge in [-0.25, -0.2) is 4.84 Å². The number of esters is 1. The minimum atomic E-state index is -0.646. The fourth-order valence-corrected chi connectivity index (χ4v) is 0.824. The van der Waals surface area contributed by atoms with E-state index in [2.05, 4.69) is 4.84 Å². The zero-order chi connectivity index (χ0) is 12.0. The first-order valence-electron chi connectivity index (χ1n) is 4.87. The largest absolute Gasteiger partial charge is 0.462 e. The maximum atomic E-state index is 11.3. The molecule has 0 amide bonds. The van der Waals surface area contributed by atoms with Crippen molar-refractivity contribution in [1.29, 1.82) is 0 Å². The summed E-state index contributed by atoms with van der Waals surface area (Å²) in [6.07, 6.45) is -0.842. The van der Waals surface area contributed by atoms with Crippen LogP contribution in [0.4, 0.5) is 0 Å². The predicted octanol–water partition coefficient (Wildman–Crippen LogP) is 1.36. The van der Waals surface area contributed by atoms with Crippen LogP contribution in [-0.2, 0) is 14.4 Å². The van der Waals surface area contributed by atoms with E-state index < -0.39 is 17.5 Å². The van der Waals surface area contributed by atoms with E-state index >= 15 is 0 Å². The van der Waals surface area contributed by atoms with Crippen LogP contribution in [0, 0.1) is 5.92 Å². The van der Waals surface area contributed by atoms with Gasteiger partial charge in [0, 0.05) is 0 Å². The van der Waals surface area contributed by atoms with Crippen LogP contribution in [0.3, 0.4) is 0 Å². The van der Waals surface area contributed by atoms with E-state index in [1.807, 2.05) is 13.8 Å². The van der Waals surface area contributed by atoms with Crippen LogP contribution in [0.15, 0.2) is 0 Å². The molecule has 0 aromatic rings. The lowest BCUT2D eigenvalue weighted by molar-refractivity contribution is -0.503. The molecule has 0 radical (unpaired) electrons. The van der Waals surface area contributed by atoms with Crippen molar-refractivity contribution in [3.05, 3.63) is 0 Å². The monoisotopic (exact) mass is 221 g/mol. The van der Waals surface area contributed by atoms with Gasteiger partial charge in [-0.05, 0) is 19.8 Å². The molecule has 6 nitrogen and oxygen atoms in total. The van der Waals surface area contributed by atoms with Crippen LogP contribution < -0.4 is 0 Å². The van der Waals surface area contributed by atoms with Gasteiger partial charge >= 0.3 is 5.97 Å². The van der Waals surface area contributed by atoms with Crippen LogP contribution in [0.5, 0.6) is 0 Å². The number of carbonyl (C=O) groups is 1. The van der Waals surface area contributed by atoms with Crippen molar-refractivity contribution in [1.82, 2.24) is 5.39 Å². The normalized spacial score (nSPS) is 15.5. The Balaban J connectivity index is 3.83. The van der Waals surface area contributed by atoms with Gasteiger partial charge in [0.15, 0.2) is 0 Å². The van der Waals surface area contributed by atoms with Crippen LogP contribution >= 0.6 is 0 Å². The van der Waals surface area contributed by atoms with Crippen LogP contribution in [-0.4, -0.2) is 34.0 Å². The minimum Gasteiger partial charge on any atom is -0.462 e. The molecule has 1 unspecified atom stereocenters. The summed E-state index contributed by atoms with van der Waals surface area (Å²) in [5, 5.41) is 16.2. The van der Waals surface area contributed by atoms with Crippen molar-refractivity contribution in [2.24, 2.45) is 5.92 Å². The molecule has 2 N–H and O–H groups in total. The third-order valence-corrected chi connectivity index (χ3v) is 1.98. The predicted molar refractivity (Wildman–Crippen MR) is 51.0 cm³/mol. The highest BCUT2D eigenvalue weighted by atomic mass is 17.1. The van der Waals surface area contributed by atoms with E-state index in [1.54, 1.807) is 6.92 Å². The Morgan fingerprint density at radius 2 is 1.80 bits per heavy atom. The zero-order valence-corrected chi connectivity index (χ0v) is 9.51. The fraction of sp³-hybridized carbons (Fsp3) is 0.889. The van der Waals surface area contributed by atoms with Crippen molar-refractivity contribution < 1.29 is 24.8 Å². The number of rotatable bonds is 6. The molecule has 0 aromatic heterocycles. The van der Waals surface area contributed by atoms with Crippen molar-refractivity contribution in [3.63, 3.8) is 0 Å². The van der Waals surface area contributed by atoms with Crippen molar-refractivity contribution in [3.8, 4) is 0 Å². The first-order chi connectivity index (χ1) is 6.82. The molecule has 0 aliphatic carbocycles. The molecule has 0 saturated carbocycles. The van der Waals surface area contributed by atoms with Gasteiger partial charge in [-0.15, -0.1) is 0 Å². The molecule has 0 spiro atoms. The van der Waals surface area contributed by atoms with Gasteiger partial charge in [-0.1, -0.05) is 13.8 Å². The highest BCUT2D eigenvalue weighted by Crippen LogP contribution is 2.08. The van der Waals surface area contributed by atoms with Crippen molar-refractivity contribution in [2.75, 3.05) is 0 Å². The molecule has 90 valence electrons. The van der Waals surface area contributed by atoms with Gasteiger partial charge in [0.1, 0.15) is 6.10 Å². The van der Waals surface area contributed by atoms with E-state index in [0.29, 0.717) is 0 Å². The van der Waals surface area contributed by atoms with Gasteiger partial charge in [0.2, 0.25) is 0 Å². The van der Waals surface area contributed by atoms with Crippen molar-refractivity contribution >= 4 is 5.97 Å². The molecule has 0 aliphatic rings. The molecular weight excluding hydrogens is 202 g/mol. The quantitative estimate of drug-likeness (QED) is 0.521. The smallest absolute Gasteiger partial charge is 0.308 e. The first-order valence-corrected chi connectivity index (χ1v) is 4.87. The summed E-state index contributed by atoms with van der Waals surface area (Å²) in [6, 6.07) is 0. The summed E-state index contributed by atoms with van der Waals surface area (Å²) in [5.41, 5.74) is 0. The number of hydrogen-bond donors (Lipinski definition) is 2. The molecule has 0 saturated heterocycles. The molecule has 0 aromatic carbocycles. The molecule has 0 fully saturated rings. The molecule has 0 aliphatic heterocycles. The minimum absolute atomic E-state index is 0.0331. The average Bonchev–Trinajstić information content (AvgIpc) is 2.00. The summed E-state index contributed by atoms with van der Waals surface area (Å²) < 4.78 is 5.06. The lowest BCUT2D eigenvalue weighted by Crippen LogP contribution is -2.27. The highest BCUT2D eigenvalue weighted by Gasteiger charge is 2.17. The number of carbonyl (C=O) groups excluding carboxylic acids is 1. The standard InChI is InChI=1S/C9H19NO5/c1-6(2)8(4)14-9(11)5-7(3)15-10(12)13/h6-8,12-13H,5H2,1-4H3/t7-,8?/m1/s1. The number of nitrogens with zero attached hydrogens (tertiary/aromatic N) is 1. The van der Waals surface area contributed by atoms with Gasteiger partial charge in [-0.2, -0.15) is 0 Å². The van der Waals surface area contributed by atoms with Gasteiger partial charge < -0.3 is 4.74 Å². The maximum Gasteiger partial charge on any atom is 0.308 e. The Labute approximate surface area is 89.3 Å². The third kappa shape index (κ3) is 7.26. The summed E-state index contributed by atoms with van der Waals surface area (Å²) in [6.45, 7) is 7.22. The van der Waals surface area contributed by atoms with Gasteiger partial charge in [-0.3, -0.25) is 15.2 Å². The first kappa shape index (κ1) is 14.3. The number of hydrogen-bond acceptors (Lipinski definition) is 6. The summed E-state index contributed by atoms with van der Waals surface area (Å²) in [5.74, 6) is -0.178. The molecule has 6 heteroatoms. The Bertz CT molecular complexity index is 195. The lowest BCUT2D eigenvalue weighted by atomic mass is 10.1. The van der Waals surface area contributed by atoms with Crippen LogP contribution in [0.2, 0.25) is 0 Å². The van der Waals surface area contributed by atoms with Gasteiger partial charge in [0.25, 0.3) is 0 Å². The molecule has 2 atom stereocenters. The Kier molecular flexibility index (Phi) is 6.42. The molecular formula is C9H19NO5. The number of ether oxygens (including phenoxy) is 1. The van der Waals surface area contributed by atoms with E-state index in [1.165, 1.54) is 6.92 Å².